The Labute approximate surface area is 206 Å². The number of benzene rings is 2. The Morgan fingerprint density at radius 2 is 1.60 bits per heavy atom. The van der Waals surface area contributed by atoms with Gasteiger partial charge in [0.25, 0.3) is 0 Å². The van der Waals surface area contributed by atoms with E-state index in [0.717, 1.165) is 42.8 Å². The second kappa shape index (κ2) is 14.2. The third kappa shape index (κ3) is 10.6. The summed E-state index contributed by atoms with van der Waals surface area (Å²) in [4.78, 5) is 25.9. The van der Waals surface area contributed by atoms with E-state index in [-0.39, 0.29) is 17.9 Å². The van der Waals surface area contributed by atoms with E-state index in [9.17, 15) is 9.18 Å². The van der Waals surface area contributed by atoms with Crippen LogP contribution >= 0.6 is 0 Å². The molecule has 2 aromatic carbocycles. The van der Waals surface area contributed by atoms with Gasteiger partial charge in [-0.25, -0.2) is 14.0 Å². The van der Waals surface area contributed by atoms with E-state index in [0.29, 0.717) is 25.6 Å². The zero-order valence-corrected chi connectivity index (χ0v) is 20.6. The maximum atomic E-state index is 13.3. The van der Waals surface area contributed by atoms with Crippen molar-refractivity contribution in [1.82, 2.24) is 15.1 Å². The molecule has 1 aliphatic heterocycles. The molecule has 1 aliphatic rings. The molecule has 0 bridgehead atoms. The van der Waals surface area contributed by atoms with Crippen LogP contribution in [-0.4, -0.2) is 65.0 Å². The number of urea groups is 1. The van der Waals surface area contributed by atoms with Crippen LogP contribution in [0.4, 0.5) is 14.0 Å². The second-order valence-corrected chi connectivity index (χ2v) is 9.08. The average molecular weight is 490 g/mol. The highest BCUT2D eigenvalue weighted by atomic mass is 19.1. The van der Waals surface area contributed by atoms with E-state index in [1.54, 1.807) is 12.1 Å². The van der Waals surface area contributed by atoms with E-state index in [2.05, 4.69) is 31.1 Å². The third-order valence-electron chi connectivity index (χ3n) is 5.61. The molecule has 0 radical (unpaired) electrons. The molecule has 0 aliphatic carbocycles. The number of amides is 2. The van der Waals surface area contributed by atoms with Gasteiger partial charge in [-0.1, -0.05) is 38.1 Å². The van der Waals surface area contributed by atoms with Gasteiger partial charge in [0.2, 0.25) is 0 Å². The molecule has 3 N–H and O–H groups in total. The van der Waals surface area contributed by atoms with Gasteiger partial charge in [-0.2, -0.15) is 0 Å². The Morgan fingerprint density at radius 1 is 1.06 bits per heavy atom. The molecular formula is C26H36FN3O5. The van der Waals surface area contributed by atoms with Crippen LogP contribution in [0.3, 0.4) is 0 Å². The van der Waals surface area contributed by atoms with Crippen LogP contribution in [0, 0.1) is 11.7 Å². The van der Waals surface area contributed by atoms with Crippen LogP contribution in [-0.2, 0) is 13.1 Å². The molecule has 0 atom stereocenters. The summed E-state index contributed by atoms with van der Waals surface area (Å²) in [6.45, 7) is 7.78. The Hall–Kier alpha value is -3.33. The fourth-order valence-electron chi connectivity index (χ4n) is 3.71. The minimum absolute atomic E-state index is 0.0842. The largest absolute Gasteiger partial charge is 0.503 e. The van der Waals surface area contributed by atoms with Crippen molar-refractivity contribution in [2.75, 3.05) is 26.7 Å². The lowest BCUT2D eigenvalue weighted by molar-refractivity contribution is 0.127. The van der Waals surface area contributed by atoms with Gasteiger partial charge < -0.3 is 30.1 Å². The van der Waals surface area contributed by atoms with Gasteiger partial charge in [0.15, 0.2) is 0 Å². The predicted molar refractivity (Wildman–Crippen MR) is 132 cm³/mol. The number of ether oxygens (including phenoxy) is 1. The van der Waals surface area contributed by atoms with Crippen molar-refractivity contribution < 1.29 is 28.9 Å². The van der Waals surface area contributed by atoms with Crippen molar-refractivity contribution >= 4 is 12.2 Å². The van der Waals surface area contributed by atoms with E-state index >= 15 is 0 Å². The lowest BCUT2D eigenvalue weighted by atomic mass is 10.0. The van der Waals surface area contributed by atoms with Gasteiger partial charge in [-0.3, -0.25) is 0 Å². The number of rotatable bonds is 8. The molecule has 0 spiro atoms. The van der Waals surface area contributed by atoms with Crippen molar-refractivity contribution in [3.63, 3.8) is 0 Å². The number of hydrogen-bond donors (Lipinski definition) is 3. The normalized spacial score (nSPS) is 14.1. The lowest BCUT2D eigenvalue weighted by Gasteiger charge is -2.37. The van der Waals surface area contributed by atoms with Gasteiger partial charge in [0, 0.05) is 19.1 Å². The summed E-state index contributed by atoms with van der Waals surface area (Å²) >= 11 is 0. The molecule has 1 saturated heterocycles. The summed E-state index contributed by atoms with van der Waals surface area (Å²) in [5.41, 5.74) is 1.96. The van der Waals surface area contributed by atoms with Crippen molar-refractivity contribution in [1.29, 1.82) is 0 Å². The maximum absolute atomic E-state index is 13.3. The molecule has 0 aromatic heterocycles. The number of halogens is 1. The van der Waals surface area contributed by atoms with Gasteiger partial charge >= 0.3 is 12.2 Å². The van der Waals surface area contributed by atoms with Crippen molar-refractivity contribution in [2.24, 2.45) is 5.92 Å². The van der Waals surface area contributed by atoms with Crippen molar-refractivity contribution in [3.8, 4) is 5.75 Å². The number of likely N-dealkylation sites (tertiary alicyclic amines) is 1. The summed E-state index contributed by atoms with van der Waals surface area (Å²) in [5, 5.41) is 17.0. The number of nitrogens with one attached hydrogen (secondary N) is 1. The topological polar surface area (TPSA) is 102 Å². The van der Waals surface area contributed by atoms with Gasteiger partial charge in [0.1, 0.15) is 11.6 Å². The van der Waals surface area contributed by atoms with Crippen LogP contribution in [0.2, 0.25) is 0 Å². The SMILES string of the molecule is CC(C)COc1ccc(CNC(=O)N(Cc2ccc(F)cc2)C2CCN(C)CC2)cc1.O=C(O)O. The monoisotopic (exact) mass is 489 g/mol. The summed E-state index contributed by atoms with van der Waals surface area (Å²) in [6.07, 6.45) is 0.0417. The van der Waals surface area contributed by atoms with Gasteiger partial charge in [-0.15, -0.1) is 0 Å². The first-order valence-electron chi connectivity index (χ1n) is 11.7. The molecule has 2 amide bonds. The molecule has 1 heterocycles. The van der Waals surface area contributed by atoms with E-state index in [1.807, 2.05) is 29.2 Å². The van der Waals surface area contributed by atoms with Crippen molar-refractivity contribution in [3.05, 3.63) is 65.5 Å². The molecular weight excluding hydrogens is 453 g/mol. The molecule has 2 aromatic rings. The smallest absolute Gasteiger partial charge is 0.493 e. The molecule has 35 heavy (non-hydrogen) atoms. The van der Waals surface area contributed by atoms with Crippen LogP contribution in [0.5, 0.6) is 5.75 Å². The highest BCUT2D eigenvalue weighted by Crippen LogP contribution is 2.19. The molecule has 192 valence electrons. The third-order valence-corrected chi connectivity index (χ3v) is 5.61. The Morgan fingerprint density at radius 3 is 2.14 bits per heavy atom. The maximum Gasteiger partial charge on any atom is 0.503 e. The lowest BCUT2D eigenvalue weighted by Crippen LogP contribution is -2.49. The van der Waals surface area contributed by atoms with E-state index in [1.165, 1.54) is 12.1 Å². The zero-order valence-electron chi connectivity index (χ0n) is 20.6. The fourth-order valence-corrected chi connectivity index (χ4v) is 3.71. The molecule has 0 unspecified atom stereocenters. The average Bonchev–Trinajstić information content (AvgIpc) is 2.82. The standard InChI is InChI=1S/C25H34FN3O2.CH2O3/c1-19(2)18-31-24-10-6-20(7-11-24)16-27-25(30)29(23-12-14-28(3)15-13-23)17-21-4-8-22(26)9-5-21;2-1(3)4/h4-11,19,23H,12-18H2,1-3H3,(H,27,30);(H2,2,3,4). The van der Waals surface area contributed by atoms with Gasteiger partial charge in [-0.05, 0) is 74.3 Å². The minimum atomic E-state index is -1.83. The quantitative estimate of drug-likeness (QED) is 0.488. The number of carbonyl (C=O) groups is 2. The number of carbonyl (C=O) groups excluding carboxylic acids is 1. The highest BCUT2D eigenvalue weighted by molar-refractivity contribution is 5.74. The van der Waals surface area contributed by atoms with Crippen LogP contribution < -0.4 is 10.1 Å². The Bertz CT molecular complexity index is 910. The minimum Gasteiger partial charge on any atom is -0.493 e. The first-order valence-corrected chi connectivity index (χ1v) is 11.7. The van der Waals surface area contributed by atoms with Crippen LogP contribution in [0.1, 0.15) is 37.8 Å². The summed E-state index contributed by atoms with van der Waals surface area (Å²) in [5.74, 6) is 1.05. The predicted octanol–water partition coefficient (Wildman–Crippen LogP) is 4.89. The molecule has 1 fully saturated rings. The number of hydrogen-bond acceptors (Lipinski definition) is 4. The molecule has 8 nitrogen and oxygen atoms in total. The number of piperidine rings is 1. The summed E-state index contributed by atoms with van der Waals surface area (Å²) in [7, 11) is 2.11. The van der Waals surface area contributed by atoms with Gasteiger partial charge in [0.05, 0.1) is 6.61 Å². The Kier molecular flexibility index (Phi) is 11.3. The zero-order chi connectivity index (χ0) is 25.8. The molecule has 3 rings (SSSR count). The molecule has 9 heteroatoms. The van der Waals surface area contributed by atoms with Crippen LogP contribution in [0.25, 0.3) is 0 Å². The highest BCUT2D eigenvalue weighted by Gasteiger charge is 2.27. The van der Waals surface area contributed by atoms with E-state index < -0.39 is 6.16 Å². The number of carboxylic acid groups (broad SMARTS) is 2. The summed E-state index contributed by atoms with van der Waals surface area (Å²) in [6, 6.07) is 14.3. The van der Waals surface area contributed by atoms with Crippen LogP contribution in [0.15, 0.2) is 48.5 Å². The number of nitrogens with zero attached hydrogens (tertiary/aromatic N) is 2. The second-order valence-electron chi connectivity index (χ2n) is 9.08. The first-order chi connectivity index (χ1) is 16.6. The fraction of sp³-hybridized carbons (Fsp3) is 0.462. The Balaban J connectivity index is 0.00000100. The molecule has 0 saturated carbocycles. The van der Waals surface area contributed by atoms with E-state index in [4.69, 9.17) is 19.7 Å². The summed E-state index contributed by atoms with van der Waals surface area (Å²) < 4.78 is 19.0. The van der Waals surface area contributed by atoms with Crippen molar-refractivity contribution in [2.45, 2.75) is 45.8 Å². The first kappa shape index (κ1) is 27.9.